The summed E-state index contributed by atoms with van der Waals surface area (Å²) in [5, 5.41) is 33.4. The molecule has 31 heteroatoms. The van der Waals surface area contributed by atoms with Crippen molar-refractivity contribution >= 4 is 57.4 Å². The van der Waals surface area contributed by atoms with Crippen LogP contribution in [0.3, 0.4) is 0 Å². The van der Waals surface area contributed by atoms with Gasteiger partial charge in [-0.25, -0.2) is 9.97 Å². The van der Waals surface area contributed by atoms with Gasteiger partial charge in [-0.2, -0.15) is 30.8 Å². The molecule has 14 aromatic rings. The highest BCUT2D eigenvalue weighted by Gasteiger charge is 2.38. The number of rotatable bonds is 17. The molecule has 4 amide bonds. The van der Waals surface area contributed by atoms with Crippen LogP contribution in [0.4, 0.5) is 0 Å². The molecule has 22 rings (SSSR count). The van der Waals surface area contributed by atoms with Crippen molar-refractivity contribution < 1.29 is 61.3 Å². The lowest BCUT2D eigenvalue weighted by atomic mass is 9.97. The van der Waals surface area contributed by atoms with E-state index in [4.69, 9.17) is 68.1 Å². The van der Waals surface area contributed by atoms with Crippen LogP contribution >= 0.6 is 0 Å². The normalized spacial score (nSPS) is 17.1. The predicted octanol–water partition coefficient (Wildman–Crippen LogP) is 14.9. The number of para-hydroxylation sites is 2. The average Bonchev–Trinajstić information content (AvgIpc) is 1.60. The molecule has 134 heavy (non-hydrogen) atoms. The second-order valence-corrected chi connectivity index (χ2v) is 35.4. The molecule has 8 aromatic heterocycles. The predicted molar refractivity (Wildman–Crippen MR) is 498 cm³/mol. The van der Waals surface area contributed by atoms with Gasteiger partial charge < -0.3 is 52.1 Å². The molecule has 31 nitrogen and oxygen atoms in total. The number of benzene rings is 6. The zero-order chi connectivity index (χ0) is 92.2. The third-order valence-electron chi connectivity index (χ3n) is 26.8. The Bertz CT molecular complexity index is 6760. The SMILES string of the molecule is CC(=O)N1CCc2c(c(-c3cccc(C(=O)Cc4ccc(C#N)cc4)c3)nn2C2CCOC2)C1.CC(=O)N1CCc2c(c(-c3cccc(C(=O)Cc4cnn(C)c4)c3)nn2C2CCOC2)C1.CC(=O)N1CCc2c(c(-c3cccc4nc(-c5cccnc5)oc34)nn2C2CCOCC2)C1.COc1ccc(-c2nc3cccc(-c4nn(C5CCOCC5)c5c4CN(C(C)=O)CC5)c3o2)cc1. The van der Waals surface area contributed by atoms with Crippen LogP contribution in [0, 0.1) is 11.3 Å². The van der Waals surface area contributed by atoms with Crippen LogP contribution < -0.4 is 4.74 Å². The Labute approximate surface area is 774 Å². The molecule has 8 aliphatic heterocycles. The van der Waals surface area contributed by atoms with E-state index >= 15 is 0 Å². The number of hydrogen-bond acceptors (Lipinski definition) is 22. The van der Waals surface area contributed by atoms with Gasteiger partial charge in [-0.15, -0.1) is 0 Å². The Balaban J connectivity index is 0.000000115. The van der Waals surface area contributed by atoms with Gasteiger partial charge in [0.2, 0.25) is 35.4 Å². The summed E-state index contributed by atoms with van der Waals surface area (Å²) in [4.78, 5) is 95.7. The van der Waals surface area contributed by atoms with Gasteiger partial charge in [-0.05, 0) is 135 Å². The highest BCUT2D eigenvalue weighted by atomic mass is 16.5. The minimum absolute atomic E-state index is 0.00872. The Morgan fingerprint density at radius 3 is 1.24 bits per heavy atom. The number of hydrogen-bond donors (Lipinski definition) is 0. The van der Waals surface area contributed by atoms with Crippen molar-refractivity contribution in [2.75, 3.05) is 86.1 Å². The van der Waals surface area contributed by atoms with Crippen LogP contribution in [0.25, 0.3) is 90.1 Å². The van der Waals surface area contributed by atoms with Crippen molar-refractivity contribution in [3.63, 3.8) is 0 Å². The second-order valence-electron chi connectivity index (χ2n) is 35.4. The minimum Gasteiger partial charge on any atom is -0.497 e. The number of Topliss-reactive ketones (excluding diaryl/α,β-unsaturated/α-hetero) is 2. The van der Waals surface area contributed by atoms with E-state index in [0.717, 1.165) is 216 Å². The molecule has 2 atom stereocenters. The maximum Gasteiger partial charge on any atom is 0.228 e. The third-order valence-corrected chi connectivity index (χ3v) is 26.8. The van der Waals surface area contributed by atoms with Gasteiger partial charge in [0.1, 0.15) is 28.2 Å². The summed E-state index contributed by atoms with van der Waals surface area (Å²) in [5.74, 6) is 2.22. The standard InChI is InChI=1S/C27H28N4O4.C27H26N4O3.C25H25N5O3.C24H27N5O3/c1-17(32)30-13-10-24-22(16-30)25(29-31(24)19-11-14-34-15-12-19)21-4-3-5-23-26(21)35-27(28-23)18-6-8-20(33-2)9-7-18;1-18(32)30-11-9-25-24(16-30)27(29-31(25)23-10-12-34-17-23)22-4-2-3-21(14-22)26(33)13-19-5-7-20(15-28)8-6-19;1-16(31)29-11-7-22-20(15-29)23(28-30(22)18-8-12-32-13-9-18)19-5-2-6-21-24(19)33-25(27-21)17-4-3-10-26-14-17;1-16(30)28-8-6-22-21(14-28)24(26-29(22)20-7-9-32-15-20)19-5-3-4-18(11-19)23(31)10-17-12-25-27(2)13-17/h3-9,19H,10-16H2,1-2H3;2-8,14,23H,9-13,16-17H2,1H3;2-6,10,14,18H,7-9,11-13,15H2,1H3;3-5,11-13,20H,6-10,14-15H2,1-2H3. The Kier molecular flexibility index (Phi) is 26.1. The number of ether oxygens (including phenoxy) is 5. The van der Waals surface area contributed by atoms with Crippen LogP contribution in [-0.2, 0) is 110 Å². The Morgan fingerprint density at radius 2 is 0.836 bits per heavy atom. The third kappa shape index (κ3) is 18.7. The van der Waals surface area contributed by atoms with Gasteiger partial charge in [0, 0.05) is 268 Å². The number of methoxy groups -OCH3 is 1. The quantitative estimate of drug-likeness (QED) is 0.0764. The number of nitriles is 1. The first kappa shape index (κ1) is 89.1. The number of aryl methyl sites for hydroxylation is 1. The van der Waals surface area contributed by atoms with E-state index in [9.17, 15) is 28.8 Å². The molecule has 686 valence electrons. The smallest absolute Gasteiger partial charge is 0.228 e. The number of nitrogens with zero attached hydrogens (tertiary/aromatic N) is 18. The van der Waals surface area contributed by atoms with Gasteiger partial charge in [0.15, 0.2) is 22.7 Å². The van der Waals surface area contributed by atoms with Crippen molar-refractivity contribution in [1.82, 2.24) is 83.5 Å². The number of amides is 4. The summed E-state index contributed by atoms with van der Waals surface area (Å²) >= 11 is 0. The van der Waals surface area contributed by atoms with Crippen LogP contribution in [0.15, 0.2) is 179 Å². The molecule has 0 aliphatic carbocycles. The van der Waals surface area contributed by atoms with Crippen LogP contribution in [0.1, 0.15) is 173 Å². The van der Waals surface area contributed by atoms with Crippen molar-refractivity contribution in [1.29, 1.82) is 5.26 Å². The molecule has 2 unspecified atom stereocenters. The highest BCUT2D eigenvalue weighted by Crippen LogP contribution is 2.44. The lowest BCUT2D eigenvalue weighted by Crippen LogP contribution is -2.35. The maximum absolute atomic E-state index is 13.0. The molecule has 8 aliphatic rings. The summed E-state index contributed by atoms with van der Waals surface area (Å²) in [5.41, 5.74) is 24.5. The first-order valence-electron chi connectivity index (χ1n) is 46.2. The van der Waals surface area contributed by atoms with Crippen molar-refractivity contribution in [2.24, 2.45) is 7.05 Å². The minimum atomic E-state index is 0.00872. The number of aromatic nitrogens is 13. The summed E-state index contributed by atoms with van der Waals surface area (Å²) in [6.45, 7) is 17.2. The highest BCUT2D eigenvalue weighted by molar-refractivity contribution is 6.00. The molecule has 4 fully saturated rings. The number of fused-ring (bicyclic) bond motifs is 6. The molecule has 6 aromatic carbocycles. The molecule has 0 N–H and O–H groups in total. The number of ketones is 2. The largest absolute Gasteiger partial charge is 0.497 e. The van der Waals surface area contributed by atoms with Gasteiger partial charge in [-0.1, -0.05) is 60.7 Å². The molecular weight excluding hydrogens is 1700 g/mol. The molecule has 4 saturated heterocycles. The van der Waals surface area contributed by atoms with Gasteiger partial charge in [0.05, 0.1) is 79.3 Å². The van der Waals surface area contributed by atoms with Crippen molar-refractivity contribution in [3.05, 3.63) is 243 Å². The Hall–Kier alpha value is -14.2. The van der Waals surface area contributed by atoms with E-state index < -0.39 is 0 Å². The van der Waals surface area contributed by atoms with Crippen LogP contribution in [-0.4, -0.2) is 205 Å². The van der Waals surface area contributed by atoms with Gasteiger partial charge in [0.25, 0.3) is 0 Å². The first-order valence-corrected chi connectivity index (χ1v) is 46.2. The lowest BCUT2D eigenvalue weighted by Gasteiger charge is -2.29. The van der Waals surface area contributed by atoms with E-state index in [1.54, 1.807) is 70.2 Å². The fourth-order valence-electron chi connectivity index (χ4n) is 19.5. The molecule has 0 spiro atoms. The Morgan fingerprint density at radius 1 is 0.433 bits per heavy atom. The summed E-state index contributed by atoms with van der Waals surface area (Å²) in [6.07, 6.45) is 16.4. The van der Waals surface area contributed by atoms with Crippen molar-refractivity contribution in [2.45, 2.75) is 155 Å². The number of pyridine rings is 1. The zero-order valence-corrected chi connectivity index (χ0v) is 76.1. The fraction of sp³-hybridized carbons (Fsp3) is 0.369. The summed E-state index contributed by atoms with van der Waals surface area (Å²) < 4.78 is 50.6. The zero-order valence-electron chi connectivity index (χ0n) is 76.1. The van der Waals surface area contributed by atoms with E-state index in [0.29, 0.717) is 124 Å². The van der Waals surface area contributed by atoms with Gasteiger partial charge in [-0.3, -0.25) is 57.2 Å². The summed E-state index contributed by atoms with van der Waals surface area (Å²) in [6, 6.07) is 48.9. The molecule has 0 bridgehead atoms. The van der Waals surface area contributed by atoms with E-state index in [-0.39, 0.29) is 53.7 Å². The molecular formula is C103H106N18O13. The van der Waals surface area contributed by atoms with E-state index in [2.05, 4.69) is 34.9 Å². The lowest BCUT2D eigenvalue weighted by molar-refractivity contribution is -0.130. The first-order chi connectivity index (χ1) is 65.3. The summed E-state index contributed by atoms with van der Waals surface area (Å²) in [7, 11) is 3.49. The molecule has 0 saturated carbocycles. The monoisotopic (exact) mass is 1800 g/mol. The maximum atomic E-state index is 13.0. The number of carbonyl (C=O) groups is 6. The molecule has 16 heterocycles. The van der Waals surface area contributed by atoms with Crippen molar-refractivity contribution in [3.8, 4) is 79.8 Å². The topological polar surface area (TPSA) is 339 Å². The van der Waals surface area contributed by atoms with Crippen LogP contribution in [0.2, 0.25) is 0 Å². The number of oxazole rings is 2. The second kappa shape index (κ2) is 39.3. The molecule has 0 radical (unpaired) electrons. The van der Waals surface area contributed by atoms with Crippen LogP contribution in [0.5, 0.6) is 5.75 Å². The average molecular weight is 1800 g/mol. The fourth-order valence-corrected chi connectivity index (χ4v) is 19.5. The van der Waals surface area contributed by atoms with E-state index in [1.165, 1.54) is 17.1 Å². The number of carbonyl (C=O) groups excluding carboxylic acids is 6. The van der Waals surface area contributed by atoms with E-state index in [1.807, 2.05) is 166 Å². The van der Waals surface area contributed by atoms with Gasteiger partial charge >= 0.3 is 0 Å².